The Bertz CT molecular complexity index is 1490. The van der Waals surface area contributed by atoms with Crippen molar-refractivity contribution < 1.29 is 18.5 Å². The third-order valence-electron chi connectivity index (χ3n) is 6.76. The van der Waals surface area contributed by atoms with Gasteiger partial charge in [0.15, 0.2) is 5.78 Å². The summed E-state index contributed by atoms with van der Waals surface area (Å²) in [5, 5.41) is 0. The molecule has 0 spiro atoms. The number of carbonyl (C=O) groups is 1. The van der Waals surface area contributed by atoms with Crippen LogP contribution in [-0.2, 0) is 11.3 Å². The van der Waals surface area contributed by atoms with E-state index in [0.29, 0.717) is 24.6 Å². The van der Waals surface area contributed by atoms with Crippen LogP contribution in [-0.4, -0.2) is 18.9 Å². The lowest BCUT2D eigenvalue weighted by Gasteiger charge is -2.26. The van der Waals surface area contributed by atoms with Gasteiger partial charge in [0.25, 0.3) is 0 Å². The smallest absolute Gasteiger partial charge is 0.196 e. The van der Waals surface area contributed by atoms with Gasteiger partial charge in [-0.2, -0.15) is 0 Å². The SMILES string of the molecule is O=C1C(=Cc2ccc(-c3ccccc3)o2)C[NH+](Cc2ccccc2)CC1=Cc1ccc(-c2ccccc2)o1. The lowest BCUT2D eigenvalue weighted by atomic mass is 9.95. The van der Waals surface area contributed by atoms with Crippen molar-refractivity contribution in [1.82, 2.24) is 0 Å². The number of carbonyl (C=O) groups excluding carboxylic acids is 1. The summed E-state index contributed by atoms with van der Waals surface area (Å²) in [6.45, 7) is 2.07. The summed E-state index contributed by atoms with van der Waals surface area (Å²) in [5.74, 6) is 2.97. The molecule has 38 heavy (non-hydrogen) atoms. The molecule has 4 heteroatoms. The van der Waals surface area contributed by atoms with E-state index in [9.17, 15) is 4.79 Å². The molecule has 0 bridgehead atoms. The van der Waals surface area contributed by atoms with Crippen molar-refractivity contribution in [3.05, 3.63) is 143 Å². The molecule has 0 unspecified atom stereocenters. The molecular formula is C34H28NO3+. The highest BCUT2D eigenvalue weighted by molar-refractivity contribution is 6.13. The molecule has 0 atom stereocenters. The van der Waals surface area contributed by atoms with Crippen LogP contribution >= 0.6 is 0 Å². The highest BCUT2D eigenvalue weighted by Crippen LogP contribution is 2.26. The van der Waals surface area contributed by atoms with Crippen LogP contribution in [0.2, 0.25) is 0 Å². The molecule has 1 saturated heterocycles. The van der Waals surface area contributed by atoms with Crippen molar-refractivity contribution in [2.45, 2.75) is 6.54 Å². The fraction of sp³-hybridized carbons (Fsp3) is 0.0882. The van der Waals surface area contributed by atoms with Gasteiger partial charge in [-0.25, -0.2) is 0 Å². The summed E-state index contributed by atoms with van der Waals surface area (Å²) in [5.41, 5.74) is 4.73. The second-order valence-corrected chi connectivity index (χ2v) is 9.57. The van der Waals surface area contributed by atoms with Gasteiger partial charge in [0.2, 0.25) is 0 Å². The first-order valence-corrected chi connectivity index (χ1v) is 12.9. The largest absolute Gasteiger partial charge is 0.457 e. The van der Waals surface area contributed by atoms with E-state index < -0.39 is 0 Å². The molecule has 6 rings (SSSR count). The molecule has 1 fully saturated rings. The third kappa shape index (κ3) is 5.36. The predicted octanol–water partition coefficient (Wildman–Crippen LogP) is 6.34. The number of furan rings is 2. The molecule has 0 amide bonds. The lowest BCUT2D eigenvalue weighted by molar-refractivity contribution is -0.904. The molecule has 0 aliphatic carbocycles. The van der Waals surface area contributed by atoms with Gasteiger partial charge in [0.1, 0.15) is 42.7 Å². The van der Waals surface area contributed by atoms with Gasteiger partial charge in [-0.05, 0) is 36.4 Å². The molecule has 2 aromatic heterocycles. The Morgan fingerprint density at radius 1 is 0.579 bits per heavy atom. The second-order valence-electron chi connectivity index (χ2n) is 9.57. The Morgan fingerprint density at radius 3 is 1.50 bits per heavy atom. The molecule has 3 heterocycles. The van der Waals surface area contributed by atoms with Gasteiger partial charge in [-0.1, -0.05) is 91.0 Å². The zero-order chi connectivity index (χ0) is 25.7. The molecule has 1 aliphatic heterocycles. The molecule has 1 aliphatic rings. The highest BCUT2D eigenvalue weighted by Gasteiger charge is 2.30. The molecule has 186 valence electrons. The van der Waals surface area contributed by atoms with Crippen LogP contribution in [0.5, 0.6) is 0 Å². The first-order chi connectivity index (χ1) is 18.7. The average Bonchev–Trinajstić information content (AvgIpc) is 3.63. The van der Waals surface area contributed by atoms with Crippen LogP contribution in [0.15, 0.2) is 135 Å². The van der Waals surface area contributed by atoms with Crippen molar-refractivity contribution in [2.75, 3.05) is 13.1 Å². The Labute approximate surface area is 222 Å². The monoisotopic (exact) mass is 498 g/mol. The van der Waals surface area contributed by atoms with Crippen LogP contribution in [0.25, 0.3) is 34.8 Å². The van der Waals surface area contributed by atoms with Crippen LogP contribution < -0.4 is 4.90 Å². The molecule has 4 nitrogen and oxygen atoms in total. The number of ketones is 1. The molecule has 0 saturated carbocycles. The predicted molar refractivity (Wildman–Crippen MR) is 150 cm³/mol. The first kappa shape index (κ1) is 23.7. The van der Waals surface area contributed by atoms with E-state index in [1.165, 1.54) is 10.5 Å². The van der Waals surface area contributed by atoms with Crippen molar-refractivity contribution in [3.8, 4) is 22.6 Å². The Kier molecular flexibility index (Phi) is 6.71. The molecule has 0 radical (unpaired) electrons. The number of hydrogen-bond donors (Lipinski definition) is 1. The van der Waals surface area contributed by atoms with Gasteiger partial charge in [-0.3, -0.25) is 4.79 Å². The minimum atomic E-state index is 0.0390. The average molecular weight is 499 g/mol. The fourth-order valence-electron chi connectivity index (χ4n) is 4.93. The topological polar surface area (TPSA) is 47.8 Å². The minimum Gasteiger partial charge on any atom is -0.457 e. The third-order valence-corrected chi connectivity index (χ3v) is 6.76. The number of rotatable bonds is 6. The van der Waals surface area contributed by atoms with Gasteiger partial charge in [0, 0.05) is 16.7 Å². The maximum absolute atomic E-state index is 13.7. The van der Waals surface area contributed by atoms with Crippen molar-refractivity contribution in [2.24, 2.45) is 0 Å². The summed E-state index contributed by atoms with van der Waals surface area (Å²) < 4.78 is 12.2. The Balaban J connectivity index is 1.31. The van der Waals surface area contributed by atoms with Gasteiger partial charge < -0.3 is 13.7 Å². The van der Waals surface area contributed by atoms with E-state index in [0.717, 1.165) is 40.3 Å². The summed E-state index contributed by atoms with van der Waals surface area (Å²) in [7, 11) is 0. The van der Waals surface area contributed by atoms with Crippen molar-refractivity contribution in [3.63, 3.8) is 0 Å². The maximum Gasteiger partial charge on any atom is 0.196 e. The summed E-state index contributed by atoms with van der Waals surface area (Å²) in [6.07, 6.45) is 3.79. The number of likely N-dealkylation sites (tertiary alicyclic amines) is 1. The molecular weight excluding hydrogens is 470 g/mol. The van der Waals surface area contributed by atoms with Crippen molar-refractivity contribution >= 4 is 17.9 Å². The molecule has 3 aromatic carbocycles. The normalized spacial score (nSPS) is 17.8. The zero-order valence-corrected chi connectivity index (χ0v) is 21.0. The van der Waals surface area contributed by atoms with E-state index >= 15 is 0 Å². The quantitative estimate of drug-likeness (QED) is 0.278. The number of Topliss-reactive ketones (excluding diaryl/α,β-unsaturated/α-hetero) is 1. The van der Waals surface area contributed by atoms with E-state index in [2.05, 4.69) is 24.3 Å². The van der Waals surface area contributed by atoms with Crippen LogP contribution in [0.3, 0.4) is 0 Å². The zero-order valence-electron chi connectivity index (χ0n) is 21.0. The standard InChI is InChI=1S/C34H27NO3/c36-34-28(20-30-16-18-32(37-30)26-12-6-2-7-13-26)23-35(22-25-10-4-1-5-11-25)24-29(34)21-31-17-19-33(38-31)27-14-8-3-9-15-27/h1-21H,22-24H2/p+1. The summed E-state index contributed by atoms with van der Waals surface area (Å²) in [6, 6.07) is 38.1. The summed E-state index contributed by atoms with van der Waals surface area (Å²) >= 11 is 0. The van der Waals surface area contributed by atoms with Gasteiger partial charge in [0.05, 0.1) is 11.1 Å². The number of nitrogens with one attached hydrogen (secondary N) is 1. The molecule has 5 aromatic rings. The maximum atomic E-state index is 13.7. The summed E-state index contributed by atoms with van der Waals surface area (Å²) in [4.78, 5) is 14.9. The second kappa shape index (κ2) is 10.8. The van der Waals surface area contributed by atoms with Crippen LogP contribution in [0, 0.1) is 0 Å². The fourth-order valence-corrected chi connectivity index (χ4v) is 4.93. The Hall–Kier alpha value is -4.67. The number of quaternary nitrogens is 1. The number of piperidine rings is 1. The van der Waals surface area contributed by atoms with E-state index in [4.69, 9.17) is 8.83 Å². The highest BCUT2D eigenvalue weighted by atomic mass is 16.3. The lowest BCUT2D eigenvalue weighted by Crippen LogP contribution is -3.12. The van der Waals surface area contributed by atoms with Crippen LogP contribution in [0.4, 0.5) is 0 Å². The van der Waals surface area contributed by atoms with E-state index in [-0.39, 0.29) is 5.78 Å². The number of hydrogen-bond acceptors (Lipinski definition) is 3. The Morgan fingerprint density at radius 2 is 1.03 bits per heavy atom. The first-order valence-electron chi connectivity index (χ1n) is 12.9. The van der Waals surface area contributed by atoms with E-state index in [1.807, 2.05) is 103 Å². The van der Waals surface area contributed by atoms with Crippen molar-refractivity contribution in [1.29, 1.82) is 0 Å². The minimum absolute atomic E-state index is 0.0390. The van der Waals surface area contributed by atoms with Crippen LogP contribution in [0.1, 0.15) is 17.1 Å². The van der Waals surface area contributed by atoms with E-state index in [1.54, 1.807) is 0 Å². The number of benzene rings is 3. The van der Waals surface area contributed by atoms with Gasteiger partial charge in [-0.15, -0.1) is 0 Å². The molecule has 1 N–H and O–H groups in total. The van der Waals surface area contributed by atoms with Gasteiger partial charge >= 0.3 is 0 Å².